The van der Waals surface area contributed by atoms with Crippen LogP contribution >= 0.6 is 0 Å². The first-order chi connectivity index (χ1) is 8.63. The van der Waals surface area contributed by atoms with Crippen molar-refractivity contribution in [3.63, 3.8) is 0 Å². The van der Waals surface area contributed by atoms with Gasteiger partial charge in [-0.05, 0) is 19.1 Å². The summed E-state index contributed by atoms with van der Waals surface area (Å²) in [6, 6.07) is 4.62. The van der Waals surface area contributed by atoms with Crippen LogP contribution in [0.4, 0.5) is 5.69 Å². The lowest BCUT2D eigenvalue weighted by molar-refractivity contribution is -0.137. The molecule has 1 amide bonds. The van der Waals surface area contributed by atoms with Gasteiger partial charge in [-0.25, -0.2) is 4.79 Å². The number of carbonyl (C=O) groups is 3. The Morgan fingerprint density at radius 2 is 2.22 bits per heavy atom. The van der Waals surface area contributed by atoms with E-state index in [1.165, 1.54) is 6.07 Å². The summed E-state index contributed by atoms with van der Waals surface area (Å²) in [6.07, 6.45) is 0. The number of rotatable bonds is 3. The second-order valence-corrected chi connectivity index (χ2v) is 3.57. The molecular formula is C12H11NO5. The number of ether oxygens (including phenoxy) is 2. The fraction of sp³-hybridized carbons (Fsp3) is 0.250. The number of hydrogen-bond acceptors (Lipinski definition) is 5. The van der Waals surface area contributed by atoms with Crippen LogP contribution in [0.2, 0.25) is 0 Å². The third-order valence-corrected chi connectivity index (χ3v) is 2.35. The summed E-state index contributed by atoms with van der Waals surface area (Å²) in [4.78, 5) is 34.4. The van der Waals surface area contributed by atoms with E-state index in [9.17, 15) is 14.4 Å². The maximum atomic E-state index is 11.8. The number of para-hydroxylation sites is 1. The van der Waals surface area contributed by atoms with Crippen LogP contribution in [0.1, 0.15) is 17.3 Å². The summed E-state index contributed by atoms with van der Waals surface area (Å²) in [6.45, 7) is 1.61. The highest BCUT2D eigenvalue weighted by atomic mass is 16.5. The van der Waals surface area contributed by atoms with Crippen molar-refractivity contribution in [2.45, 2.75) is 6.92 Å². The average Bonchev–Trinajstić information content (AvgIpc) is 2.37. The Hall–Kier alpha value is -2.37. The number of amides is 1. The molecule has 18 heavy (non-hydrogen) atoms. The summed E-state index contributed by atoms with van der Waals surface area (Å²) in [5.74, 6) is -1.76. The molecule has 1 aromatic rings. The molecule has 2 rings (SSSR count). The van der Waals surface area contributed by atoms with Gasteiger partial charge in [-0.15, -0.1) is 0 Å². The average molecular weight is 249 g/mol. The fourth-order valence-corrected chi connectivity index (χ4v) is 1.59. The lowest BCUT2D eigenvalue weighted by Crippen LogP contribution is -2.28. The van der Waals surface area contributed by atoms with Crippen molar-refractivity contribution in [3.8, 4) is 5.75 Å². The molecule has 1 aliphatic heterocycles. The van der Waals surface area contributed by atoms with E-state index in [1.54, 1.807) is 19.1 Å². The Kier molecular flexibility index (Phi) is 3.27. The van der Waals surface area contributed by atoms with Crippen LogP contribution in [0.15, 0.2) is 18.2 Å². The zero-order chi connectivity index (χ0) is 13.1. The first kappa shape index (κ1) is 12.1. The van der Waals surface area contributed by atoms with Gasteiger partial charge in [-0.3, -0.25) is 9.59 Å². The van der Waals surface area contributed by atoms with Crippen molar-refractivity contribution in [1.29, 1.82) is 0 Å². The van der Waals surface area contributed by atoms with Crippen molar-refractivity contribution in [2.75, 3.05) is 18.5 Å². The van der Waals surface area contributed by atoms with Gasteiger partial charge in [0.1, 0.15) is 5.75 Å². The molecule has 6 nitrogen and oxygen atoms in total. The molecular weight excluding hydrogens is 238 g/mol. The Balaban J connectivity index is 2.37. The predicted molar refractivity (Wildman–Crippen MR) is 61.5 cm³/mol. The number of benzene rings is 1. The van der Waals surface area contributed by atoms with E-state index < -0.39 is 11.8 Å². The molecule has 94 valence electrons. The first-order valence-corrected chi connectivity index (χ1v) is 5.40. The van der Waals surface area contributed by atoms with Crippen molar-refractivity contribution in [2.24, 2.45) is 0 Å². The third kappa shape index (κ3) is 2.17. The summed E-state index contributed by atoms with van der Waals surface area (Å²) in [7, 11) is 0. The molecule has 0 aromatic heterocycles. The van der Waals surface area contributed by atoms with E-state index in [0.29, 0.717) is 5.75 Å². The number of nitrogens with one attached hydrogen (secondary N) is 1. The summed E-state index contributed by atoms with van der Waals surface area (Å²) in [5.41, 5.74) is 0.283. The molecule has 0 atom stereocenters. The van der Waals surface area contributed by atoms with E-state index in [-0.39, 0.29) is 30.4 Å². The van der Waals surface area contributed by atoms with Gasteiger partial charge in [0, 0.05) is 0 Å². The zero-order valence-corrected chi connectivity index (χ0v) is 9.69. The van der Waals surface area contributed by atoms with Gasteiger partial charge < -0.3 is 14.8 Å². The van der Waals surface area contributed by atoms with E-state index in [0.717, 1.165) is 0 Å². The van der Waals surface area contributed by atoms with Crippen molar-refractivity contribution in [3.05, 3.63) is 23.8 Å². The number of fused-ring (bicyclic) bond motifs is 1. The number of carbonyl (C=O) groups excluding carboxylic acids is 3. The molecule has 0 saturated carbocycles. The van der Waals surface area contributed by atoms with Crippen molar-refractivity contribution >= 4 is 23.3 Å². The van der Waals surface area contributed by atoms with Gasteiger partial charge in [0.05, 0.1) is 17.9 Å². The minimum atomic E-state index is -0.953. The Labute approximate surface area is 103 Å². The molecule has 0 aliphatic carbocycles. The summed E-state index contributed by atoms with van der Waals surface area (Å²) >= 11 is 0. The van der Waals surface area contributed by atoms with Gasteiger partial charge in [-0.2, -0.15) is 0 Å². The number of anilines is 1. The molecule has 0 radical (unpaired) electrons. The largest absolute Gasteiger partial charge is 0.482 e. The Morgan fingerprint density at radius 3 is 2.94 bits per heavy atom. The van der Waals surface area contributed by atoms with Crippen molar-refractivity contribution in [1.82, 2.24) is 0 Å². The second-order valence-electron chi connectivity index (χ2n) is 3.57. The van der Waals surface area contributed by atoms with Crippen molar-refractivity contribution < 1.29 is 23.9 Å². The van der Waals surface area contributed by atoms with E-state index in [4.69, 9.17) is 4.74 Å². The number of hydrogen-bond donors (Lipinski definition) is 1. The van der Waals surface area contributed by atoms with Crippen LogP contribution in [0, 0.1) is 0 Å². The van der Waals surface area contributed by atoms with Gasteiger partial charge >= 0.3 is 5.97 Å². The van der Waals surface area contributed by atoms with Crippen LogP contribution in [0.5, 0.6) is 5.75 Å². The van der Waals surface area contributed by atoms with Crippen LogP contribution < -0.4 is 10.1 Å². The van der Waals surface area contributed by atoms with Crippen LogP contribution in [0.3, 0.4) is 0 Å². The van der Waals surface area contributed by atoms with Gasteiger partial charge in [0.15, 0.2) is 6.61 Å². The maximum absolute atomic E-state index is 11.8. The minimum absolute atomic E-state index is 0.0685. The Morgan fingerprint density at radius 1 is 1.44 bits per heavy atom. The van der Waals surface area contributed by atoms with E-state index in [1.807, 2.05) is 0 Å². The van der Waals surface area contributed by atoms with Gasteiger partial charge in [0.25, 0.3) is 11.7 Å². The fourth-order valence-electron chi connectivity index (χ4n) is 1.59. The van der Waals surface area contributed by atoms with Gasteiger partial charge in [-0.1, -0.05) is 6.07 Å². The molecule has 0 fully saturated rings. The molecule has 1 aliphatic rings. The predicted octanol–water partition coefficient (Wildman–Crippen LogP) is 0.763. The highest BCUT2D eigenvalue weighted by Crippen LogP contribution is 2.31. The number of Topliss-reactive ketones (excluding diaryl/α,β-unsaturated/α-hetero) is 1. The summed E-state index contributed by atoms with van der Waals surface area (Å²) in [5, 5.41) is 2.51. The lowest BCUT2D eigenvalue weighted by atomic mass is 10.1. The standard InChI is InChI=1S/C12H11NO5/c1-2-17-12(16)11(15)7-4-3-5-8-10(7)13-9(14)6-18-8/h3-5H,2,6H2,1H3,(H,13,14). The molecule has 1 N–H and O–H groups in total. The topological polar surface area (TPSA) is 81.7 Å². The zero-order valence-electron chi connectivity index (χ0n) is 9.69. The van der Waals surface area contributed by atoms with E-state index in [2.05, 4.69) is 10.1 Å². The number of ketones is 1. The van der Waals surface area contributed by atoms with Gasteiger partial charge in [0.2, 0.25) is 0 Å². The van der Waals surface area contributed by atoms with E-state index >= 15 is 0 Å². The number of esters is 1. The Bertz CT molecular complexity index is 523. The third-order valence-electron chi connectivity index (χ3n) is 2.35. The molecule has 0 unspecified atom stereocenters. The van der Waals surface area contributed by atoms with Crippen LogP contribution in [0.25, 0.3) is 0 Å². The second kappa shape index (κ2) is 4.87. The first-order valence-electron chi connectivity index (χ1n) is 5.40. The SMILES string of the molecule is CCOC(=O)C(=O)c1cccc2c1NC(=O)CO2. The normalized spacial score (nSPS) is 13.1. The molecule has 0 saturated heterocycles. The maximum Gasteiger partial charge on any atom is 0.379 e. The smallest absolute Gasteiger partial charge is 0.379 e. The summed E-state index contributed by atoms with van der Waals surface area (Å²) < 4.78 is 9.78. The molecule has 0 bridgehead atoms. The lowest BCUT2D eigenvalue weighted by Gasteiger charge is -2.19. The highest BCUT2D eigenvalue weighted by Gasteiger charge is 2.26. The monoisotopic (exact) mass is 249 g/mol. The van der Waals surface area contributed by atoms with Crippen LogP contribution in [-0.4, -0.2) is 30.9 Å². The molecule has 6 heteroatoms. The molecule has 1 aromatic carbocycles. The quantitative estimate of drug-likeness (QED) is 0.486. The highest BCUT2D eigenvalue weighted by molar-refractivity contribution is 6.42. The minimum Gasteiger partial charge on any atom is -0.482 e. The van der Waals surface area contributed by atoms with Crippen LogP contribution in [-0.2, 0) is 14.3 Å². The molecule has 1 heterocycles. The molecule has 0 spiro atoms.